The van der Waals surface area contributed by atoms with Crippen molar-refractivity contribution in [3.63, 3.8) is 0 Å². The maximum absolute atomic E-state index is 14.2. The molecule has 0 spiro atoms. The molecule has 57 heavy (non-hydrogen) atoms. The first-order chi connectivity index (χ1) is 27.2. The highest BCUT2D eigenvalue weighted by Crippen LogP contribution is 2.42. The van der Waals surface area contributed by atoms with Crippen LogP contribution in [0.4, 0.5) is 5.13 Å². The number of nitrogens with one attached hydrogen (secondary N) is 2. The molecule has 0 saturated carbocycles. The van der Waals surface area contributed by atoms with Gasteiger partial charge < -0.3 is 25.3 Å². The molecule has 15 heteroatoms. The summed E-state index contributed by atoms with van der Waals surface area (Å²) in [6.07, 6.45) is 3.19. The van der Waals surface area contributed by atoms with Crippen LogP contribution in [0.5, 0.6) is 0 Å². The van der Waals surface area contributed by atoms with Crippen LogP contribution in [0.3, 0.4) is 0 Å². The van der Waals surface area contributed by atoms with Gasteiger partial charge in [-0.25, -0.2) is 14.6 Å². The predicted molar refractivity (Wildman–Crippen MR) is 222 cm³/mol. The third-order valence-corrected chi connectivity index (χ3v) is 11.3. The molecule has 3 N–H and O–H groups in total. The van der Waals surface area contributed by atoms with Gasteiger partial charge in [0.1, 0.15) is 33.9 Å². The van der Waals surface area contributed by atoms with Crippen LogP contribution in [-0.4, -0.2) is 78.7 Å². The molecule has 2 aliphatic rings. The van der Waals surface area contributed by atoms with Crippen molar-refractivity contribution < 1.29 is 33.9 Å². The number of alkyl halides is 1. The number of fused-ring (bicyclic) bond motifs is 1. The van der Waals surface area contributed by atoms with E-state index in [0.29, 0.717) is 10.7 Å². The van der Waals surface area contributed by atoms with Crippen molar-refractivity contribution in [1.82, 2.24) is 15.2 Å². The SMILES string of the molecule is CC(C)(C)OC(=O)C(C)(C)O/N=C(/C(=O)NC1C(=O)N2C(C(=O)O)=C(/C=C\CCl)CS[C@H]12)c1csc(NC(c2ccccc2)(c2ccccc2)c2ccccc2)n1. The van der Waals surface area contributed by atoms with Gasteiger partial charge in [-0.1, -0.05) is 108 Å². The van der Waals surface area contributed by atoms with Crippen LogP contribution in [0.15, 0.2) is 125 Å². The second kappa shape index (κ2) is 17.0. The standard InChI is InChI=1S/C42H42ClN5O7S2/c1-40(2,3)54-38(53)41(4,5)55-47-31(34(49)45-32-35(50)48-33(37(51)52)26(16-15-23-43)24-56-36(32)48)30-25-57-39(44-30)46-42(27-17-9-6-10-18-27,28-19-11-7-12-20-28)29-21-13-8-14-22-29/h6-22,25,32,36H,23-24H2,1-5H3,(H,44,46)(H,45,49)(H,51,52)/b16-15-,47-31+/t32?,36-/m1/s1. The van der Waals surface area contributed by atoms with Gasteiger partial charge in [-0.3, -0.25) is 14.5 Å². The zero-order valence-electron chi connectivity index (χ0n) is 31.9. The Labute approximate surface area is 344 Å². The van der Waals surface area contributed by atoms with Crippen LogP contribution in [0, 0.1) is 0 Å². The Balaban J connectivity index is 1.37. The number of rotatable bonds is 14. The smallest absolute Gasteiger partial charge is 0.353 e. The van der Waals surface area contributed by atoms with Gasteiger partial charge in [0.25, 0.3) is 11.8 Å². The van der Waals surface area contributed by atoms with E-state index in [0.717, 1.165) is 21.6 Å². The van der Waals surface area contributed by atoms with Crippen molar-refractivity contribution in [3.8, 4) is 0 Å². The summed E-state index contributed by atoms with van der Waals surface area (Å²) in [4.78, 5) is 64.9. The van der Waals surface area contributed by atoms with Gasteiger partial charge in [-0.15, -0.1) is 34.7 Å². The van der Waals surface area contributed by atoms with E-state index in [9.17, 15) is 24.3 Å². The summed E-state index contributed by atoms with van der Waals surface area (Å²) in [5.41, 5.74) is -0.529. The lowest BCUT2D eigenvalue weighted by atomic mass is 9.77. The van der Waals surface area contributed by atoms with Crippen molar-refractivity contribution in [3.05, 3.63) is 142 Å². The van der Waals surface area contributed by atoms with Crippen molar-refractivity contribution in [2.75, 3.05) is 16.9 Å². The van der Waals surface area contributed by atoms with Crippen molar-refractivity contribution in [2.24, 2.45) is 5.16 Å². The number of thiazole rings is 1. The average Bonchev–Trinajstić information content (AvgIpc) is 3.65. The highest BCUT2D eigenvalue weighted by atomic mass is 35.5. The Morgan fingerprint density at radius 1 is 0.947 bits per heavy atom. The molecular weight excluding hydrogens is 786 g/mol. The number of carboxylic acids is 1. The van der Waals surface area contributed by atoms with Crippen LogP contribution < -0.4 is 10.6 Å². The van der Waals surface area contributed by atoms with Gasteiger partial charge in [-0.2, -0.15) is 0 Å². The number of hydrogen-bond acceptors (Lipinski definition) is 11. The molecule has 296 valence electrons. The van der Waals surface area contributed by atoms with E-state index in [1.54, 1.807) is 38.3 Å². The van der Waals surface area contributed by atoms with Crippen LogP contribution in [0.2, 0.25) is 0 Å². The number of carbonyl (C=O) groups excluding carboxylic acids is 3. The second-order valence-electron chi connectivity index (χ2n) is 14.7. The number of aromatic nitrogens is 1. The first kappa shape index (κ1) is 41.2. The minimum atomic E-state index is -1.63. The largest absolute Gasteiger partial charge is 0.477 e. The third kappa shape index (κ3) is 8.78. The van der Waals surface area contributed by atoms with Gasteiger partial charge in [-0.05, 0) is 56.9 Å². The van der Waals surface area contributed by atoms with E-state index in [1.807, 2.05) is 91.0 Å². The fraction of sp³-hybridized carbons (Fsp3) is 0.286. The van der Waals surface area contributed by atoms with E-state index in [-0.39, 0.29) is 28.7 Å². The first-order valence-electron chi connectivity index (χ1n) is 18.0. The Morgan fingerprint density at radius 2 is 1.51 bits per heavy atom. The fourth-order valence-corrected chi connectivity index (χ4v) is 8.51. The molecule has 0 radical (unpaired) electrons. The van der Waals surface area contributed by atoms with Crippen molar-refractivity contribution in [1.29, 1.82) is 0 Å². The number of nitrogens with zero attached hydrogens (tertiary/aromatic N) is 3. The zero-order valence-corrected chi connectivity index (χ0v) is 34.3. The molecule has 12 nitrogen and oxygen atoms in total. The van der Waals surface area contributed by atoms with Gasteiger partial charge >= 0.3 is 11.9 Å². The molecule has 3 heterocycles. The maximum atomic E-state index is 14.2. The van der Waals surface area contributed by atoms with E-state index >= 15 is 0 Å². The highest BCUT2D eigenvalue weighted by molar-refractivity contribution is 8.00. The van der Waals surface area contributed by atoms with Gasteiger partial charge in [0.05, 0.1) is 0 Å². The number of thioether (sulfide) groups is 1. The summed E-state index contributed by atoms with van der Waals surface area (Å²) < 4.78 is 5.54. The number of esters is 1. The first-order valence-corrected chi connectivity index (χ1v) is 20.5. The molecule has 2 amide bonds. The molecular formula is C42H42ClN5O7S2. The predicted octanol–water partition coefficient (Wildman–Crippen LogP) is 6.92. The second-order valence-corrected chi connectivity index (χ2v) is 16.9. The van der Waals surface area contributed by atoms with E-state index in [2.05, 4.69) is 15.8 Å². The maximum Gasteiger partial charge on any atom is 0.353 e. The molecule has 3 aromatic carbocycles. The lowest BCUT2D eigenvalue weighted by Gasteiger charge is -2.49. The molecule has 6 rings (SSSR count). The topological polar surface area (TPSA) is 160 Å². The van der Waals surface area contributed by atoms with Crippen LogP contribution in [0.1, 0.15) is 57.0 Å². The number of carbonyl (C=O) groups is 4. The lowest BCUT2D eigenvalue weighted by Crippen LogP contribution is -2.71. The summed E-state index contributed by atoms with van der Waals surface area (Å²) in [6.45, 7) is 8.08. The van der Waals surface area contributed by atoms with Crippen LogP contribution in [-0.2, 0) is 34.3 Å². The molecule has 1 saturated heterocycles. The number of anilines is 1. The fourth-order valence-electron chi connectivity index (χ4n) is 6.35. The summed E-state index contributed by atoms with van der Waals surface area (Å²) in [5, 5.41) is 22.0. The summed E-state index contributed by atoms with van der Waals surface area (Å²) in [5.74, 6) is -2.97. The number of carboxylic acid groups (broad SMARTS) is 1. The molecule has 1 fully saturated rings. The number of halogens is 1. The van der Waals surface area contributed by atoms with E-state index in [1.165, 1.54) is 36.9 Å². The molecule has 1 aromatic heterocycles. The monoisotopic (exact) mass is 827 g/mol. The van der Waals surface area contributed by atoms with Gasteiger partial charge in [0, 0.05) is 17.0 Å². The highest BCUT2D eigenvalue weighted by Gasteiger charge is 2.54. The Kier molecular flexibility index (Phi) is 12.3. The summed E-state index contributed by atoms with van der Waals surface area (Å²) >= 11 is 8.31. The molecule has 2 atom stereocenters. The number of aliphatic carboxylic acids is 1. The number of ether oxygens (including phenoxy) is 1. The van der Waals surface area contributed by atoms with Crippen molar-refractivity contribution in [2.45, 2.75) is 62.8 Å². The summed E-state index contributed by atoms with van der Waals surface area (Å²) in [7, 11) is 0. The number of β-lactam (4-membered cyclic amide) rings is 1. The number of allylic oxidation sites excluding steroid dienone is 2. The lowest BCUT2D eigenvalue weighted by molar-refractivity contribution is -0.179. The number of amides is 2. The van der Waals surface area contributed by atoms with E-state index in [4.69, 9.17) is 26.2 Å². The third-order valence-electron chi connectivity index (χ3n) is 9.03. The summed E-state index contributed by atoms with van der Waals surface area (Å²) in [6, 6.07) is 28.7. The minimum absolute atomic E-state index is 0.0996. The molecule has 2 aliphatic heterocycles. The molecule has 4 aromatic rings. The molecule has 1 unspecified atom stereocenters. The molecule has 0 aliphatic carbocycles. The minimum Gasteiger partial charge on any atom is -0.477 e. The van der Waals surface area contributed by atoms with Crippen LogP contribution >= 0.6 is 34.7 Å². The zero-order chi connectivity index (χ0) is 41.0. The van der Waals surface area contributed by atoms with E-state index < -0.39 is 51.9 Å². The number of hydrogen-bond donors (Lipinski definition) is 3. The number of benzene rings is 3. The number of oxime groups is 1. The Morgan fingerprint density at radius 3 is 2.02 bits per heavy atom. The van der Waals surface area contributed by atoms with Gasteiger partial charge in [0.15, 0.2) is 10.8 Å². The Bertz CT molecular complexity index is 2120. The quantitative estimate of drug-likeness (QED) is 0.0304. The molecule has 0 bridgehead atoms. The van der Waals surface area contributed by atoms with Crippen LogP contribution in [0.25, 0.3) is 0 Å². The normalized spacial score (nSPS) is 17.5. The average molecular weight is 828 g/mol. The van der Waals surface area contributed by atoms with Gasteiger partial charge in [0.2, 0.25) is 5.60 Å². The van der Waals surface area contributed by atoms with Crippen molar-refractivity contribution >= 4 is 69.3 Å². The Hall–Kier alpha value is -5.44.